The highest BCUT2D eigenvalue weighted by Gasteiger charge is 2.24. The topological polar surface area (TPSA) is 58.6 Å². The zero-order chi connectivity index (χ0) is 20.8. The fourth-order valence-electron chi connectivity index (χ4n) is 3.43. The zero-order valence-electron chi connectivity index (χ0n) is 16.9. The summed E-state index contributed by atoms with van der Waals surface area (Å²) >= 11 is 3.41. The number of benzene rings is 2. The normalized spacial score (nSPS) is 15.9. The molecule has 1 unspecified atom stereocenters. The van der Waals surface area contributed by atoms with Crippen LogP contribution in [-0.2, 0) is 20.7 Å². The van der Waals surface area contributed by atoms with Crippen molar-refractivity contribution in [3.63, 3.8) is 0 Å². The van der Waals surface area contributed by atoms with Gasteiger partial charge in [0, 0.05) is 23.3 Å². The molecule has 2 amide bonds. The summed E-state index contributed by atoms with van der Waals surface area (Å²) in [6, 6.07) is 13.5. The molecule has 1 heterocycles. The first kappa shape index (κ1) is 21.5. The van der Waals surface area contributed by atoms with Crippen molar-refractivity contribution in [1.82, 2.24) is 4.90 Å². The molecule has 1 N–H and O–H groups in total. The lowest BCUT2D eigenvalue weighted by atomic mass is 10.1. The van der Waals surface area contributed by atoms with Crippen molar-refractivity contribution in [2.45, 2.75) is 39.2 Å². The van der Waals surface area contributed by atoms with Crippen LogP contribution in [0.3, 0.4) is 0 Å². The fraction of sp³-hybridized carbons (Fsp3) is 0.391. The summed E-state index contributed by atoms with van der Waals surface area (Å²) in [7, 11) is 0. The summed E-state index contributed by atoms with van der Waals surface area (Å²) < 4.78 is 6.67. The minimum Gasteiger partial charge on any atom is -0.376 e. The highest BCUT2D eigenvalue weighted by atomic mass is 79.9. The van der Waals surface area contributed by atoms with Crippen LogP contribution in [0.25, 0.3) is 0 Å². The van der Waals surface area contributed by atoms with Crippen molar-refractivity contribution in [2.24, 2.45) is 0 Å². The third-order valence-electron chi connectivity index (χ3n) is 5.28. The van der Waals surface area contributed by atoms with E-state index in [1.807, 2.05) is 56.3 Å². The van der Waals surface area contributed by atoms with E-state index in [-0.39, 0.29) is 30.9 Å². The Morgan fingerprint density at radius 1 is 1.17 bits per heavy atom. The Kier molecular flexibility index (Phi) is 7.45. The second-order valence-corrected chi connectivity index (χ2v) is 8.42. The van der Waals surface area contributed by atoms with Gasteiger partial charge in [0.2, 0.25) is 11.8 Å². The molecule has 154 valence electrons. The van der Waals surface area contributed by atoms with Gasteiger partial charge in [0.25, 0.3) is 0 Å². The molecule has 5 nitrogen and oxygen atoms in total. The van der Waals surface area contributed by atoms with Crippen molar-refractivity contribution >= 4 is 33.4 Å². The smallest absolute Gasteiger partial charge is 0.244 e. The van der Waals surface area contributed by atoms with Crippen LogP contribution in [0.15, 0.2) is 46.9 Å². The molecule has 1 fully saturated rings. The van der Waals surface area contributed by atoms with E-state index in [0.29, 0.717) is 13.2 Å². The Morgan fingerprint density at radius 2 is 1.93 bits per heavy atom. The van der Waals surface area contributed by atoms with Crippen LogP contribution in [0.1, 0.15) is 29.5 Å². The van der Waals surface area contributed by atoms with Gasteiger partial charge in [0.15, 0.2) is 0 Å². The van der Waals surface area contributed by atoms with Gasteiger partial charge >= 0.3 is 0 Å². The van der Waals surface area contributed by atoms with Gasteiger partial charge in [0.1, 0.15) is 0 Å². The largest absolute Gasteiger partial charge is 0.376 e. The molecule has 2 aromatic rings. The quantitative estimate of drug-likeness (QED) is 0.674. The Balaban J connectivity index is 1.68. The molecule has 2 aromatic carbocycles. The first-order valence-corrected chi connectivity index (χ1v) is 10.7. The van der Waals surface area contributed by atoms with Crippen LogP contribution in [0.5, 0.6) is 0 Å². The number of aryl methyl sites for hydroxylation is 1. The summed E-state index contributed by atoms with van der Waals surface area (Å²) in [6.45, 7) is 5.16. The number of carbonyl (C=O) groups excluding carboxylic acids is 2. The van der Waals surface area contributed by atoms with E-state index in [9.17, 15) is 9.59 Å². The van der Waals surface area contributed by atoms with Crippen LogP contribution >= 0.6 is 15.9 Å². The molecule has 6 heteroatoms. The highest BCUT2D eigenvalue weighted by molar-refractivity contribution is 9.10. The number of nitrogens with zero attached hydrogens (tertiary/aromatic N) is 1. The van der Waals surface area contributed by atoms with Gasteiger partial charge < -0.3 is 15.0 Å². The lowest BCUT2D eigenvalue weighted by Gasteiger charge is -2.25. The summed E-state index contributed by atoms with van der Waals surface area (Å²) in [6.07, 6.45) is 2.17. The van der Waals surface area contributed by atoms with Gasteiger partial charge in [-0.25, -0.2) is 0 Å². The Bertz CT molecular complexity index is 861. The number of halogens is 1. The predicted molar refractivity (Wildman–Crippen MR) is 118 cm³/mol. The Hall–Kier alpha value is -2.18. The van der Waals surface area contributed by atoms with Crippen LogP contribution in [0.4, 0.5) is 5.69 Å². The Labute approximate surface area is 180 Å². The van der Waals surface area contributed by atoms with Gasteiger partial charge in [-0.15, -0.1) is 0 Å². The summed E-state index contributed by atoms with van der Waals surface area (Å²) in [5.74, 6) is -0.264. The van der Waals surface area contributed by atoms with E-state index < -0.39 is 0 Å². The molecule has 29 heavy (non-hydrogen) atoms. The van der Waals surface area contributed by atoms with E-state index in [1.165, 1.54) is 0 Å². The maximum Gasteiger partial charge on any atom is 0.244 e. The summed E-state index contributed by atoms with van der Waals surface area (Å²) in [5.41, 5.74) is 3.86. The number of anilines is 1. The minimum atomic E-state index is -0.194. The first-order valence-electron chi connectivity index (χ1n) is 9.92. The second kappa shape index (κ2) is 10.0. The van der Waals surface area contributed by atoms with Crippen molar-refractivity contribution in [3.8, 4) is 0 Å². The second-order valence-electron chi connectivity index (χ2n) is 7.51. The summed E-state index contributed by atoms with van der Waals surface area (Å²) in [4.78, 5) is 27.3. The van der Waals surface area contributed by atoms with Crippen molar-refractivity contribution < 1.29 is 14.3 Å². The first-order chi connectivity index (χ1) is 13.9. The third kappa shape index (κ3) is 6.15. The number of ether oxygens (including phenoxy) is 1. The number of nitrogens with one attached hydrogen (secondary N) is 1. The average molecular weight is 459 g/mol. The molecule has 0 saturated carbocycles. The minimum absolute atomic E-state index is 0.00243. The maximum atomic E-state index is 13.0. The molecule has 3 rings (SSSR count). The van der Waals surface area contributed by atoms with E-state index in [2.05, 4.69) is 21.2 Å². The van der Waals surface area contributed by atoms with E-state index in [0.717, 1.165) is 39.7 Å². The van der Waals surface area contributed by atoms with Gasteiger partial charge in [-0.2, -0.15) is 0 Å². The fourth-order valence-corrected chi connectivity index (χ4v) is 3.69. The standard InChI is InChI=1S/C23H27BrN2O3/c1-16-5-3-7-21(17(16)2)25-22(27)15-26(14-20-6-4-12-29-20)23(28)13-18-8-10-19(24)11-9-18/h3,5,7-11,20H,4,6,12-15H2,1-2H3,(H,25,27). The molecule has 0 aromatic heterocycles. The number of hydrogen-bond acceptors (Lipinski definition) is 3. The predicted octanol–water partition coefficient (Wildman–Crippen LogP) is 4.25. The molecular formula is C23H27BrN2O3. The van der Waals surface area contributed by atoms with Crippen molar-refractivity contribution in [3.05, 3.63) is 63.6 Å². The lowest BCUT2D eigenvalue weighted by Crippen LogP contribution is -2.43. The van der Waals surface area contributed by atoms with E-state index >= 15 is 0 Å². The number of amides is 2. The Morgan fingerprint density at radius 3 is 2.62 bits per heavy atom. The third-order valence-corrected chi connectivity index (χ3v) is 5.81. The van der Waals surface area contributed by atoms with Gasteiger partial charge in [-0.3, -0.25) is 9.59 Å². The number of rotatable bonds is 7. The van der Waals surface area contributed by atoms with Crippen LogP contribution in [0.2, 0.25) is 0 Å². The van der Waals surface area contributed by atoms with E-state index in [4.69, 9.17) is 4.74 Å². The molecule has 0 radical (unpaired) electrons. The lowest BCUT2D eigenvalue weighted by molar-refractivity contribution is -0.135. The number of hydrogen-bond donors (Lipinski definition) is 1. The van der Waals surface area contributed by atoms with Crippen LogP contribution in [-0.4, -0.2) is 42.5 Å². The van der Waals surface area contributed by atoms with Crippen LogP contribution < -0.4 is 5.32 Å². The molecule has 0 bridgehead atoms. The van der Waals surface area contributed by atoms with E-state index in [1.54, 1.807) is 4.90 Å². The SMILES string of the molecule is Cc1cccc(NC(=O)CN(CC2CCCO2)C(=O)Cc2ccc(Br)cc2)c1C. The summed E-state index contributed by atoms with van der Waals surface area (Å²) in [5, 5.41) is 2.95. The van der Waals surface area contributed by atoms with Crippen LogP contribution in [0, 0.1) is 13.8 Å². The maximum absolute atomic E-state index is 13.0. The molecule has 0 spiro atoms. The molecular weight excluding hydrogens is 432 g/mol. The zero-order valence-corrected chi connectivity index (χ0v) is 18.5. The monoisotopic (exact) mass is 458 g/mol. The van der Waals surface area contributed by atoms with Crippen molar-refractivity contribution in [2.75, 3.05) is 25.0 Å². The van der Waals surface area contributed by atoms with Gasteiger partial charge in [0.05, 0.1) is 19.1 Å². The molecule has 1 aliphatic rings. The highest BCUT2D eigenvalue weighted by Crippen LogP contribution is 2.19. The molecule has 1 atom stereocenters. The van der Waals surface area contributed by atoms with Gasteiger partial charge in [-0.1, -0.05) is 40.2 Å². The van der Waals surface area contributed by atoms with Gasteiger partial charge in [-0.05, 0) is 61.6 Å². The number of carbonyl (C=O) groups is 2. The molecule has 1 saturated heterocycles. The average Bonchev–Trinajstić information content (AvgIpc) is 3.20. The molecule has 0 aliphatic carbocycles. The van der Waals surface area contributed by atoms with Crippen molar-refractivity contribution in [1.29, 1.82) is 0 Å². The molecule has 1 aliphatic heterocycles.